The first-order valence-corrected chi connectivity index (χ1v) is 25.0. The minimum Gasteiger partial charge on any atom is -0.493 e. The molecule has 2 amide bonds. The minimum absolute atomic E-state index is 0.0812. The number of unbranched alkanes of at least 4 members (excludes halogenated alkanes) is 34. The van der Waals surface area contributed by atoms with Gasteiger partial charge in [-0.2, -0.15) is 0 Å². The van der Waals surface area contributed by atoms with E-state index in [0.717, 1.165) is 38.5 Å². The molecule has 5 nitrogen and oxygen atoms in total. The minimum atomic E-state index is -0.100. The summed E-state index contributed by atoms with van der Waals surface area (Å²) in [6, 6.07) is 5.36. The summed E-state index contributed by atoms with van der Waals surface area (Å²) in [4.78, 5) is 26.4. The van der Waals surface area contributed by atoms with Gasteiger partial charge in [0.2, 0.25) is 0 Å². The lowest BCUT2D eigenvalue weighted by Gasteiger charge is -2.14. The van der Waals surface area contributed by atoms with Crippen LogP contribution in [0.1, 0.15) is 279 Å². The Hall–Kier alpha value is -2.04. The Kier molecular flexibility index (Phi) is 38.2. The molecule has 0 saturated carbocycles. The summed E-state index contributed by atoms with van der Waals surface area (Å²) in [7, 11) is 0. The summed E-state index contributed by atoms with van der Waals surface area (Å²) in [5.41, 5.74) is 1.11. The average Bonchev–Trinajstić information content (AvgIpc) is 3.21. The van der Waals surface area contributed by atoms with Crippen LogP contribution in [-0.2, 0) is 0 Å². The van der Waals surface area contributed by atoms with Gasteiger partial charge < -0.3 is 15.4 Å². The van der Waals surface area contributed by atoms with Crippen molar-refractivity contribution in [3.8, 4) is 5.75 Å². The number of carbonyl (C=O) groups excluding carboxylic acids is 2. The summed E-state index contributed by atoms with van der Waals surface area (Å²) in [6.45, 7) is 8.77. The van der Waals surface area contributed by atoms with Gasteiger partial charge in [-0.25, -0.2) is 0 Å². The molecule has 0 aromatic heterocycles. The van der Waals surface area contributed by atoms with Crippen molar-refractivity contribution in [1.29, 1.82) is 0 Å². The third-order valence-corrected chi connectivity index (χ3v) is 11.6. The molecule has 2 N–H and O–H groups in total. The fourth-order valence-corrected chi connectivity index (χ4v) is 7.81. The highest BCUT2D eigenvalue weighted by molar-refractivity contribution is 6.00. The van der Waals surface area contributed by atoms with Gasteiger partial charge in [-0.1, -0.05) is 239 Å². The van der Waals surface area contributed by atoms with E-state index in [1.165, 1.54) is 199 Å². The zero-order valence-corrected chi connectivity index (χ0v) is 37.7. The van der Waals surface area contributed by atoms with Crippen molar-refractivity contribution in [1.82, 2.24) is 10.6 Å². The molecular weight excluding hydrogens is 689 g/mol. The molecule has 0 spiro atoms. The van der Waals surface area contributed by atoms with Crippen LogP contribution in [0.15, 0.2) is 18.2 Å². The van der Waals surface area contributed by atoms with Gasteiger partial charge in [-0.05, 0) is 37.5 Å². The zero-order chi connectivity index (χ0) is 40.4. The number of hydrogen-bond donors (Lipinski definition) is 2. The van der Waals surface area contributed by atoms with Gasteiger partial charge in [0.25, 0.3) is 11.8 Å². The molecular formula is C51H94N2O3. The Balaban J connectivity index is 2.43. The van der Waals surface area contributed by atoms with Crippen molar-refractivity contribution >= 4 is 11.8 Å². The second kappa shape index (κ2) is 41.1. The first-order chi connectivity index (χ1) is 27.6. The molecule has 5 heteroatoms. The van der Waals surface area contributed by atoms with Crippen molar-refractivity contribution in [2.45, 2.75) is 258 Å². The molecule has 0 aliphatic rings. The van der Waals surface area contributed by atoms with Crippen LogP contribution in [0.2, 0.25) is 0 Å². The van der Waals surface area contributed by atoms with E-state index in [2.05, 4.69) is 31.4 Å². The molecule has 1 aromatic carbocycles. The highest BCUT2D eigenvalue weighted by atomic mass is 16.5. The van der Waals surface area contributed by atoms with E-state index >= 15 is 0 Å². The van der Waals surface area contributed by atoms with Crippen LogP contribution in [0, 0.1) is 0 Å². The van der Waals surface area contributed by atoms with E-state index in [4.69, 9.17) is 4.74 Å². The van der Waals surface area contributed by atoms with Crippen LogP contribution >= 0.6 is 0 Å². The molecule has 0 atom stereocenters. The molecule has 1 aromatic rings. The Morgan fingerprint density at radius 3 is 1.05 bits per heavy atom. The van der Waals surface area contributed by atoms with Crippen LogP contribution in [0.4, 0.5) is 0 Å². The fraction of sp³-hybridized carbons (Fsp3) is 0.843. The molecule has 56 heavy (non-hydrogen) atoms. The Labute approximate surface area is 348 Å². The van der Waals surface area contributed by atoms with Crippen LogP contribution in [0.5, 0.6) is 5.75 Å². The van der Waals surface area contributed by atoms with E-state index < -0.39 is 0 Å². The fourth-order valence-electron chi connectivity index (χ4n) is 7.81. The number of amides is 2. The first kappa shape index (κ1) is 52.0. The Bertz CT molecular complexity index is 1010. The van der Waals surface area contributed by atoms with Gasteiger partial charge in [-0.15, -0.1) is 0 Å². The standard InChI is InChI=1S/C51H94N2O3/c1-4-7-10-13-16-19-22-25-28-31-34-37-40-45-56-49-46-47(50(54)52-43-38-35-32-29-26-23-20-17-14-11-8-5-2)41-42-48(49)51(55)53-44-39-36-33-30-27-24-21-18-15-12-9-6-3/h41-42,46H,4-40,43-45H2,1-3H3,(H,52,54)(H,53,55). The topological polar surface area (TPSA) is 67.4 Å². The monoisotopic (exact) mass is 783 g/mol. The van der Waals surface area contributed by atoms with Crippen molar-refractivity contribution in [2.75, 3.05) is 19.7 Å². The van der Waals surface area contributed by atoms with E-state index in [1.54, 1.807) is 18.2 Å². The largest absolute Gasteiger partial charge is 0.493 e. The Morgan fingerprint density at radius 2 is 0.696 bits per heavy atom. The van der Waals surface area contributed by atoms with E-state index in [-0.39, 0.29) is 11.8 Å². The lowest BCUT2D eigenvalue weighted by atomic mass is 10.0. The van der Waals surface area contributed by atoms with Crippen molar-refractivity contribution in [3.63, 3.8) is 0 Å². The maximum absolute atomic E-state index is 13.3. The molecule has 326 valence electrons. The normalized spacial score (nSPS) is 11.3. The lowest BCUT2D eigenvalue weighted by Crippen LogP contribution is -2.26. The molecule has 0 saturated heterocycles. The van der Waals surface area contributed by atoms with Crippen LogP contribution in [0.3, 0.4) is 0 Å². The van der Waals surface area contributed by atoms with Crippen molar-refractivity contribution in [3.05, 3.63) is 29.3 Å². The summed E-state index contributed by atoms with van der Waals surface area (Å²) in [6.07, 6.45) is 48.3. The lowest BCUT2D eigenvalue weighted by molar-refractivity contribution is 0.0937. The van der Waals surface area contributed by atoms with Crippen molar-refractivity contribution < 1.29 is 14.3 Å². The summed E-state index contributed by atoms with van der Waals surface area (Å²) in [5, 5.41) is 6.25. The second-order valence-electron chi connectivity index (χ2n) is 17.1. The van der Waals surface area contributed by atoms with Gasteiger partial charge in [0.1, 0.15) is 5.75 Å². The Morgan fingerprint density at radius 1 is 0.393 bits per heavy atom. The van der Waals surface area contributed by atoms with Gasteiger partial charge in [0, 0.05) is 18.7 Å². The number of rotatable bonds is 43. The summed E-state index contributed by atoms with van der Waals surface area (Å²) >= 11 is 0. The van der Waals surface area contributed by atoms with Gasteiger partial charge in [-0.3, -0.25) is 9.59 Å². The predicted molar refractivity (Wildman–Crippen MR) is 244 cm³/mol. The van der Waals surface area contributed by atoms with Crippen LogP contribution in [-0.4, -0.2) is 31.5 Å². The number of benzene rings is 1. The predicted octanol–water partition coefficient (Wildman–Crippen LogP) is 16.0. The number of ether oxygens (including phenoxy) is 1. The third-order valence-electron chi connectivity index (χ3n) is 11.6. The highest BCUT2D eigenvalue weighted by Crippen LogP contribution is 2.22. The van der Waals surface area contributed by atoms with Gasteiger partial charge in [0.15, 0.2) is 0 Å². The molecule has 0 bridgehead atoms. The summed E-state index contributed by atoms with van der Waals surface area (Å²) in [5.74, 6) is 0.355. The quantitative estimate of drug-likeness (QED) is 0.0648. The molecule has 0 aliphatic heterocycles. The number of nitrogens with one attached hydrogen (secondary N) is 2. The first-order valence-electron chi connectivity index (χ1n) is 25.0. The van der Waals surface area contributed by atoms with E-state index in [0.29, 0.717) is 36.6 Å². The number of hydrogen-bond acceptors (Lipinski definition) is 3. The van der Waals surface area contributed by atoms with Crippen molar-refractivity contribution in [2.24, 2.45) is 0 Å². The summed E-state index contributed by atoms with van der Waals surface area (Å²) < 4.78 is 6.25. The van der Waals surface area contributed by atoms with E-state index in [1.807, 2.05) is 0 Å². The number of carbonyl (C=O) groups is 2. The van der Waals surface area contributed by atoms with Crippen LogP contribution < -0.4 is 15.4 Å². The molecule has 0 heterocycles. The van der Waals surface area contributed by atoms with Gasteiger partial charge >= 0.3 is 0 Å². The average molecular weight is 783 g/mol. The SMILES string of the molecule is CCCCCCCCCCCCCCCOc1cc(C(=O)NCCCCCCCCCCCCCC)ccc1C(=O)NCCCCCCCCCCCCCC. The molecule has 0 aliphatic carbocycles. The highest BCUT2D eigenvalue weighted by Gasteiger charge is 2.16. The van der Waals surface area contributed by atoms with Crippen LogP contribution in [0.25, 0.3) is 0 Å². The maximum Gasteiger partial charge on any atom is 0.255 e. The molecule has 0 unspecified atom stereocenters. The van der Waals surface area contributed by atoms with E-state index in [9.17, 15) is 9.59 Å². The molecule has 1 rings (SSSR count). The maximum atomic E-state index is 13.3. The van der Waals surface area contributed by atoms with Gasteiger partial charge in [0.05, 0.1) is 12.2 Å². The second-order valence-corrected chi connectivity index (χ2v) is 17.1. The molecule has 0 radical (unpaired) electrons. The third kappa shape index (κ3) is 32.0. The zero-order valence-electron chi connectivity index (χ0n) is 37.7. The molecule has 0 fully saturated rings. The smallest absolute Gasteiger partial charge is 0.255 e.